The molecule has 0 radical (unpaired) electrons. The van der Waals surface area contributed by atoms with Crippen LogP contribution >= 0.6 is 11.3 Å². The van der Waals surface area contributed by atoms with E-state index in [0.29, 0.717) is 23.6 Å². The van der Waals surface area contributed by atoms with Crippen molar-refractivity contribution in [2.45, 2.75) is 13.8 Å². The number of carbonyl (C=O) groups is 1. The predicted octanol–water partition coefficient (Wildman–Crippen LogP) is 3.48. The molecule has 1 N–H and O–H groups in total. The summed E-state index contributed by atoms with van der Waals surface area (Å²) in [6, 6.07) is 9.57. The molecule has 1 amide bonds. The summed E-state index contributed by atoms with van der Waals surface area (Å²) >= 11 is 1.77. The zero-order valence-electron chi connectivity index (χ0n) is 19.1. The molecule has 170 valence electrons. The molecule has 4 rings (SSSR count). The summed E-state index contributed by atoms with van der Waals surface area (Å²) in [6.07, 6.45) is 0. The van der Waals surface area contributed by atoms with E-state index in [2.05, 4.69) is 41.1 Å². The lowest BCUT2D eigenvalue weighted by molar-refractivity contribution is 0.0944. The zero-order chi connectivity index (χ0) is 22.7. The highest BCUT2D eigenvalue weighted by Crippen LogP contribution is 2.32. The number of aryl methyl sites for hydroxylation is 2. The topological polar surface area (TPSA) is 66.9 Å². The number of hydrogen-bond acceptors (Lipinski definition) is 7. The quantitative estimate of drug-likeness (QED) is 0.590. The molecule has 1 aromatic heterocycles. The Morgan fingerprint density at radius 1 is 1.09 bits per heavy atom. The van der Waals surface area contributed by atoms with Crippen molar-refractivity contribution in [3.63, 3.8) is 0 Å². The number of methoxy groups -OCH3 is 2. The summed E-state index contributed by atoms with van der Waals surface area (Å²) in [6.45, 7) is 9.48. The molecule has 1 aliphatic heterocycles. The lowest BCUT2D eigenvalue weighted by Gasteiger charge is -2.34. The highest BCUT2D eigenvalue weighted by atomic mass is 32.1. The fraction of sp³-hybridized carbons (Fsp3) is 0.417. The fourth-order valence-corrected chi connectivity index (χ4v) is 5.00. The summed E-state index contributed by atoms with van der Waals surface area (Å²) < 4.78 is 11.8. The third-order valence-corrected chi connectivity index (χ3v) is 7.16. The summed E-state index contributed by atoms with van der Waals surface area (Å²) in [5.41, 5.74) is 4.20. The first-order chi connectivity index (χ1) is 15.5. The van der Waals surface area contributed by atoms with Crippen LogP contribution in [-0.2, 0) is 0 Å². The lowest BCUT2D eigenvalue weighted by Crippen LogP contribution is -2.48. The van der Waals surface area contributed by atoms with Gasteiger partial charge < -0.3 is 19.7 Å². The molecule has 7 nitrogen and oxygen atoms in total. The van der Waals surface area contributed by atoms with Gasteiger partial charge in [0.2, 0.25) is 0 Å². The van der Waals surface area contributed by atoms with Crippen molar-refractivity contribution in [1.82, 2.24) is 15.2 Å². The van der Waals surface area contributed by atoms with Gasteiger partial charge in [0, 0.05) is 45.3 Å². The van der Waals surface area contributed by atoms with Crippen LogP contribution in [0.3, 0.4) is 0 Å². The number of piperazine rings is 1. The van der Waals surface area contributed by atoms with Gasteiger partial charge in [0.05, 0.1) is 30.0 Å². The summed E-state index contributed by atoms with van der Waals surface area (Å²) in [4.78, 5) is 22.2. The third-order valence-electron chi connectivity index (χ3n) is 6.08. The van der Waals surface area contributed by atoms with Crippen molar-refractivity contribution < 1.29 is 14.3 Å². The van der Waals surface area contributed by atoms with Crippen LogP contribution in [0.2, 0.25) is 0 Å². The van der Waals surface area contributed by atoms with Crippen molar-refractivity contribution in [2.24, 2.45) is 0 Å². The molecule has 0 aliphatic carbocycles. The number of aromatic nitrogens is 1. The Morgan fingerprint density at radius 2 is 1.88 bits per heavy atom. The Labute approximate surface area is 192 Å². The molecule has 8 heteroatoms. The third kappa shape index (κ3) is 4.66. The van der Waals surface area contributed by atoms with Crippen LogP contribution in [0.1, 0.15) is 21.5 Å². The molecule has 1 aliphatic rings. The molecule has 1 fully saturated rings. The van der Waals surface area contributed by atoms with E-state index in [1.165, 1.54) is 15.8 Å². The predicted molar refractivity (Wildman–Crippen MR) is 130 cm³/mol. The summed E-state index contributed by atoms with van der Waals surface area (Å²) in [5.74, 6) is 1.04. The van der Waals surface area contributed by atoms with Gasteiger partial charge in [0.15, 0.2) is 5.13 Å². The number of nitrogens with one attached hydrogen (secondary N) is 1. The minimum Gasteiger partial charge on any atom is -0.497 e. The van der Waals surface area contributed by atoms with E-state index in [0.717, 1.165) is 43.4 Å². The van der Waals surface area contributed by atoms with E-state index in [1.54, 1.807) is 43.8 Å². The first kappa shape index (κ1) is 22.4. The zero-order valence-corrected chi connectivity index (χ0v) is 19.9. The number of fused-ring (bicyclic) bond motifs is 1. The number of rotatable bonds is 7. The van der Waals surface area contributed by atoms with Crippen LogP contribution in [0.4, 0.5) is 5.13 Å². The maximum atomic E-state index is 12.6. The molecule has 0 atom stereocenters. The Bertz CT molecular complexity index is 1110. The largest absolute Gasteiger partial charge is 0.497 e. The van der Waals surface area contributed by atoms with Crippen molar-refractivity contribution in [3.8, 4) is 11.5 Å². The number of nitrogens with zero attached hydrogens (tertiary/aromatic N) is 3. The van der Waals surface area contributed by atoms with Crippen LogP contribution in [-0.4, -0.2) is 69.3 Å². The van der Waals surface area contributed by atoms with E-state index >= 15 is 0 Å². The van der Waals surface area contributed by atoms with Gasteiger partial charge in [-0.15, -0.1) is 0 Å². The highest BCUT2D eigenvalue weighted by Gasteiger charge is 2.21. The maximum Gasteiger partial charge on any atom is 0.255 e. The SMILES string of the molecule is COc1ccc(C(=O)NCCN2CCN(c3nc4c(C)c(C)ccc4s3)CC2)c(OC)c1. The van der Waals surface area contributed by atoms with E-state index in [1.807, 2.05) is 0 Å². The Hall–Kier alpha value is -2.84. The van der Waals surface area contributed by atoms with Gasteiger partial charge >= 0.3 is 0 Å². The van der Waals surface area contributed by atoms with Crippen LogP contribution in [0, 0.1) is 13.8 Å². The second-order valence-corrected chi connectivity index (χ2v) is 9.01. The highest BCUT2D eigenvalue weighted by molar-refractivity contribution is 7.22. The number of anilines is 1. The molecule has 0 unspecified atom stereocenters. The van der Waals surface area contributed by atoms with Gasteiger partial charge in [-0.05, 0) is 43.2 Å². The number of amides is 1. The van der Waals surface area contributed by atoms with E-state index in [9.17, 15) is 4.79 Å². The first-order valence-electron chi connectivity index (χ1n) is 10.8. The minimum atomic E-state index is -0.136. The molecule has 0 spiro atoms. The average Bonchev–Trinajstić information content (AvgIpc) is 3.26. The Kier molecular flexibility index (Phi) is 6.81. The maximum absolute atomic E-state index is 12.6. The molecule has 3 aromatic rings. The van der Waals surface area contributed by atoms with Crippen molar-refractivity contribution >= 4 is 32.6 Å². The van der Waals surface area contributed by atoms with Gasteiger partial charge in [0.25, 0.3) is 5.91 Å². The molecule has 0 saturated carbocycles. The van der Waals surface area contributed by atoms with E-state index in [-0.39, 0.29) is 5.91 Å². The van der Waals surface area contributed by atoms with Gasteiger partial charge in [-0.3, -0.25) is 9.69 Å². The summed E-state index contributed by atoms with van der Waals surface area (Å²) in [5, 5.41) is 4.11. The normalized spacial score (nSPS) is 14.6. The second kappa shape index (κ2) is 9.75. The minimum absolute atomic E-state index is 0.136. The smallest absolute Gasteiger partial charge is 0.255 e. The van der Waals surface area contributed by atoms with Crippen LogP contribution < -0.4 is 19.7 Å². The monoisotopic (exact) mass is 454 g/mol. The summed E-state index contributed by atoms with van der Waals surface area (Å²) in [7, 11) is 3.14. The van der Waals surface area contributed by atoms with Gasteiger partial charge in [0.1, 0.15) is 11.5 Å². The molecular formula is C24H30N4O3S. The van der Waals surface area contributed by atoms with Crippen LogP contribution in [0.15, 0.2) is 30.3 Å². The van der Waals surface area contributed by atoms with E-state index < -0.39 is 0 Å². The first-order valence-corrected chi connectivity index (χ1v) is 11.7. The second-order valence-electron chi connectivity index (χ2n) is 8.00. The van der Waals surface area contributed by atoms with Gasteiger partial charge in [-0.1, -0.05) is 17.4 Å². The Balaban J connectivity index is 1.28. The van der Waals surface area contributed by atoms with Crippen molar-refractivity contribution in [2.75, 3.05) is 58.4 Å². The van der Waals surface area contributed by atoms with Crippen molar-refractivity contribution in [1.29, 1.82) is 0 Å². The number of carbonyl (C=O) groups excluding carboxylic acids is 1. The molecule has 1 saturated heterocycles. The lowest BCUT2D eigenvalue weighted by atomic mass is 10.1. The average molecular weight is 455 g/mol. The number of benzene rings is 2. The van der Waals surface area contributed by atoms with Gasteiger partial charge in [-0.25, -0.2) is 4.98 Å². The van der Waals surface area contributed by atoms with Crippen LogP contribution in [0.25, 0.3) is 10.2 Å². The van der Waals surface area contributed by atoms with Crippen LogP contribution in [0.5, 0.6) is 11.5 Å². The van der Waals surface area contributed by atoms with Crippen molar-refractivity contribution in [3.05, 3.63) is 47.0 Å². The number of ether oxygens (including phenoxy) is 2. The molecule has 2 heterocycles. The molecule has 0 bridgehead atoms. The standard InChI is InChI=1S/C24H30N4O3S/c1-16-5-8-21-22(17(16)2)26-24(32-21)28-13-11-27(12-14-28)10-9-25-23(29)19-7-6-18(30-3)15-20(19)31-4/h5-8,15H,9-14H2,1-4H3,(H,25,29). The fourth-order valence-electron chi connectivity index (χ4n) is 3.92. The molecule has 2 aromatic carbocycles. The molecular weight excluding hydrogens is 424 g/mol. The van der Waals surface area contributed by atoms with Gasteiger partial charge in [-0.2, -0.15) is 0 Å². The van der Waals surface area contributed by atoms with E-state index in [4.69, 9.17) is 14.5 Å². The Morgan fingerprint density at radius 3 is 2.59 bits per heavy atom. The number of hydrogen-bond donors (Lipinski definition) is 1. The number of thiazole rings is 1. The molecule has 32 heavy (non-hydrogen) atoms.